The Hall–Kier alpha value is -3.32. The SMILES string of the molecule is CC(C)(C)OC(=O)NCc1nn(-c2ccc(OC(F)(F)F)cc2)c2nccc(N3CC(O[Si](C)(C)C(C)(C)C)C3)c12. The summed E-state index contributed by atoms with van der Waals surface area (Å²) in [5.74, 6) is -0.341. The van der Waals surface area contributed by atoms with Gasteiger partial charge in [-0.15, -0.1) is 13.2 Å². The zero-order valence-electron chi connectivity index (χ0n) is 24.7. The van der Waals surface area contributed by atoms with Gasteiger partial charge in [-0.05, 0) is 69.2 Å². The van der Waals surface area contributed by atoms with Crippen LogP contribution in [0.3, 0.4) is 0 Å². The first-order valence-corrected chi connectivity index (χ1v) is 16.4. The molecule has 2 aromatic heterocycles. The number of nitrogens with zero attached hydrogens (tertiary/aromatic N) is 4. The summed E-state index contributed by atoms with van der Waals surface area (Å²) in [5.41, 5.74) is 1.74. The molecule has 13 heteroatoms. The molecule has 0 saturated carbocycles. The molecule has 224 valence electrons. The van der Waals surface area contributed by atoms with Gasteiger partial charge in [0.05, 0.1) is 35.1 Å². The highest BCUT2D eigenvalue weighted by Crippen LogP contribution is 2.40. The third-order valence-corrected chi connectivity index (χ3v) is 11.7. The highest BCUT2D eigenvalue weighted by atomic mass is 28.4. The Morgan fingerprint density at radius 3 is 2.24 bits per heavy atom. The van der Waals surface area contributed by atoms with Crippen LogP contribution in [0.4, 0.5) is 23.7 Å². The van der Waals surface area contributed by atoms with Crippen LogP contribution in [0.25, 0.3) is 16.7 Å². The number of nitrogens with one attached hydrogen (secondary N) is 1. The number of ether oxygens (including phenoxy) is 2. The average molecular weight is 594 g/mol. The third-order valence-electron chi connectivity index (χ3n) is 7.19. The minimum Gasteiger partial charge on any atom is -0.444 e. The zero-order valence-corrected chi connectivity index (χ0v) is 25.7. The van der Waals surface area contributed by atoms with E-state index in [2.05, 4.69) is 53.8 Å². The number of halogens is 3. The number of anilines is 1. The van der Waals surface area contributed by atoms with Gasteiger partial charge in [0.1, 0.15) is 11.4 Å². The van der Waals surface area contributed by atoms with E-state index in [1.165, 1.54) is 24.3 Å². The van der Waals surface area contributed by atoms with Crippen molar-refractivity contribution in [3.63, 3.8) is 0 Å². The average Bonchev–Trinajstić information content (AvgIpc) is 3.16. The molecule has 41 heavy (non-hydrogen) atoms. The molecule has 0 atom stereocenters. The van der Waals surface area contributed by atoms with Gasteiger partial charge in [-0.1, -0.05) is 20.8 Å². The minimum atomic E-state index is -4.79. The summed E-state index contributed by atoms with van der Waals surface area (Å²) in [7, 11) is -1.94. The van der Waals surface area contributed by atoms with Crippen LogP contribution >= 0.6 is 0 Å². The fraction of sp³-hybridized carbons (Fsp3) is 0.536. The molecule has 3 heterocycles. The van der Waals surface area contributed by atoms with Gasteiger partial charge in [-0.3, -0.25) is 0 Å². The summed E-state index contributed by atoms with van der Waals surface area (Å²) in [6.07, 6.45) is -3.62. The maximum absolute atomic E-state index is 12.7. The number of fused-ring (bicyclic) bond motifs is 1. The summed E-state index contributed by atoms with van der Waals surface area (Å²) in [4.78, 5) is 19.2. The van der Waals surface area contributed by atoms with E-state index in [9.17, 15) is 18.0 Å². The maximum atomic E-state index is 12.7. The van der Waals surface area contributed by atoms with Crippen molar-refractivity contribution in [1.29, 1.82) is 0 Å². The van der Waals surface area contributed by atoms with E-state index >= 15 is 0 Å². The summed E-state index contributed by atoms with van der Waals surface area (Å²) in [5, 5.41) is 8.30. The van der Waals surface area contributed by atoms with E-state index in [0.717, 1.165) is 11.1 Å². The van der Waals surface area contributed by atoms with Crippen molar-refractivity contribution >= 4 is 31.1 Å². The lowest BCUT2D eigenvalue weighted by molar-refractivity contribution is -0.274. The van der Waals surface area contributed by atoms with Gasteiger partial charge in [0.25, 0.3) is 0 Å². The van der Waals surface area contributed by atoms with Crippen molar-refractivity contribution in [2.45, 2.75) is 84.3 Å². The number of benzene rings is 1. The first-order chi connectivity index (χ1) is 18.8. The molecule has 0 spiro atoms. The Balaban J connectivity index is 1.65. The van der Waals surface area contributed by atoms with E-state index in [-0.39, 0.29) is 23.4 Å². The second kappa shape index (κ2) is 10.8. The highest BCUT2D eigenvalue weighted by molar-refractivity contribution is 6.74. The molecule has 4 rings (SSSR count). The number of carbonyl (C=O) groups excluding carboxylic acids is 1. The molecule has 1 fully saturated rings. The first-order valence-electron chi connectivity index (χ1n) is 13.5. The van der Waals surface area contributed by atoms with Crippen LogP contribution < -0.4 is 15.0 Å². The number of hydrogen-bond acceptors (Lipinski definition) is 7. The molecule has 0 radical (unpaired) electrons. The topological polar surface area (TPSA) is 90.7 Å². The highest BCUT2D eigenvalue weighted by Gasteiger charge is 2.42. The number of rotatable bonds is 7. The van der Waals surface area contributed by atoms with Gasteiger partial charge in [0.15, 0.2) is 14.0 Å². The minimum absolute atomic E-state index is 0.0596. The molecule has 1 aliphatic rings. The Kier molecular flexibility index (Phi) is 8.09. The van der Waals surface area contributed by atoms with Crippen LogP contribution in [-0.4, -0.2) is 60.3 Å². The summed E-state index contributed by atoms with van der Waals surface area (Å²) < 4.78 is 55.5. The molecular weight excluding hydrogens is 555 g/mol. The molecule has 3 aromatic rings. The first kappa shape index (κ1) is 30.6. The normalized spacial score (nSPS) is 15.1. The lowest BCUT2D eigenvalue weighted by Crippen LogP contribution is -2.58. The molecular formula is C28H38F3N5O4Si. The van der Waals surface area contributed by atoms with Gasteiger partial charge < -0.3 is 24.1 Å². The zero-order chi connectivity index (χ0) is 30.4. The van der Waals surface area contributed by atoms with E-state index in [0.29, 0.717) is 30.1 Å². The quantitative estimate of drug-likeness (QED) is 0.311. The number of aromatic nitrogens is 3. The monoisotopic (exact) mass is 593 g/mol. The summed E-state index contributed by atoms with van der Waals surface area (Å²) >= 11 is 0. The van der Waals surface area contributed by atoms with Crippen molar-refractivity contribution in [2.24, 2.45) is 0 Å². The Morgan fingerprint density at radius 1 is 1.05 bits per heavy atom. The molecule has 1 amide bonds. The van der Waals surface area contributed by atoms with Crippen molar-refractivity contribution < 1.29 is 31.9 Å². The van der Waals surface area contributed by atoms with Gasteiger partial charge in [-0.2, -0.15) is 5.10 Å². The predicted molar refractivity (Wildman–Crippen MR) is 153 cm³/mol. The van der Waals surface area contributed by atoms with E-state index < -0.39 is 26.4 Å². The number of hydrogen-bond donors (Lipinski definition) is 1. The third kappa shape index (κ3) is 7.31. The van der Waals surface area contributed by atoms with Crippen molar-refractivity contribution in [1.82, 2.24) is 20.1 Å². The van der Waals surface area contributed by atoms with Crippen LogP contribution in [-0.2, 0) is 15.7 Å². The van der Waals surface area contributed by atoms with Crippen LogP contribution in [0.1, 0.15) is 47.2 Å². The maximum Gasteiger partial charge on any atom is 0.573 e. The molecule has 0 bridgehead atoms. The molecule has 1 aliphatic heterocycles. The second-order valence-corrected chi connectivity index (χ2v) is 17.4. The fourth-order valence-corrected chi connectivity index (χ4v) is 5.56. The molecule has 0 aliphatic carbocycles. The van der Waals surface area contributed by atoms with Gasteiger partial charge in [-0.25, -0.2) is 14.5 Å². The van der Waals surface area contributed by atoms with E-state index in [4.69, 9.17) is 14.3 Å². The summed E-state index contributed by atoms with van der Waals surface area (Å²) in [6.45, 7) is 17.9. The Morgan fingerprint density at radius 2 is 1.68 bits per heavy atom. The molecule has 1 saturated heterocycles. The van der Waals surface area contributed by atoms with Gasteiger partial charge >= 0.3 is 12.5 Å². The van der Waals surface area contributed by atoms with E-state index in [1.54, 1.807) is 31.6 Å². The Labute approximate surface area is 239 Å². The predicted octanol–water partition coefficient (Wildman–Crippen LogP) is 6.55. The number of carbonyl (C=O) groups is 1. The van der Waals surface area contributed by atoms with Crippen molar-refractivity contribution in [3.8, 4) is 11.4 Å². The smallest absolute Gasteiger partial charge is 0.444 e. The number of pyridine rings is 1. The molecule has 1 N–H and O–H groups in total. The standard InChI is InChI=1S/C28H38F3N5O4Si/c1-26(2,3)39-25(37)33-15-21-23-22(35-16-20(17-35)40-41(7,8)27(4,5)6)13-14-32-24(23)36(34-21)18-9-11-19(12-10-18)38-28(29,30)31/h9-14,20H,15-17H2,1-8H3,(H,33,37). The van der Waals surface area contributed by atoms with Gasteiger partial charge in [0.2, 0.25) is 0 Å². The second-order valence-electron chi connectivity index (χ2n) is 12.7. The number of alkyl halides is 3. The van der Waals surface area contributed by atoms with Crippen LogP contribution in [0.2, 0.25) is 18.1 Å². The lowest BCUT2D eigenvalue weighted by atomic mass is 10.1. The number of alkyl carbamates (subject to hydrolysis) is 1. The van der Waals surface area contributed by atoms with Gasteiger partial charge in [0, 0.05) is 19.3 Å². The fourth-order valence-electron chi connectivity index (χ4n) is 4.23. The van der Waals surface area contributed by atoms with Crippen molar-refractivity contribution in [2.75, 3.05) is 18.0 Å². The molecule has 0 unspecified atom stereocenters. The van der Waals surface area contributed by atoms with Crippen LogP contribution in [0, 0.1) is 0 Å². The molecule has 9 nitrogen and oxygen atoms in total. The van der Waals surface area contributed by atoms with Crippen LogP contribution in [0.15, 0.2) is 36.5 Å². The van der Waals surface area contributed by atoms with E-state index in [1.807, 2.05) is 6.07 Å². The largest absolute Gasteiger partial charge is 0.573 e. The number of amides is 1. The van der Waals surface area contributed by atoms with Crippen LogP contribution in [0.5, 0.6) is 5.75 Å². The Bertz CT molecular complexity index is 1390. The molecule has 1 aromatic carbocycles. The lowest BCUT2D eigenvalue weighted by Gasteiger charge is -2.47. The summed E-state index contributed by atoms with van der Waals surface area (Å²) in [6, 6.07) is 7.28. The van der Waals surface area contributed by atoms with Crippen molar-refractivity contribution in [3.05, 3.63) is 42.2 Å².